The van der Waals surface area contributed by atoms with Gasteiger partial charge in [-0.2, -0.15) is 5.10 Å². The van der Waals surface area contributed by atoms with Crippen LogP contribution in [0.4, 0.5) is 4.39 Å². The number of aliphatic carboxylic acids is 1. The number of hydrogen-bond donors (Lipinski definition) is 4. The summed E-state index contributed by atoms with van der Waals surface area (Å²) in [6, 6.07) is 21.8. The number of hydrogen-bond acceptors (Lipinski definition) is 7. The highest BCUT2D eigenvalue weighted by Crippen LogP contribution is 2.31. The van der Waals surface area contributed by atoms with Gasteiger partial charge in [0.2, 0.25) is 0 Å². The number of rotatable bonds is 12. The zero-order valence-electron chi connectivity index (χ0n) is 23.3. The topological polar surface area (TPSA) is 159 Å². The Hall–Kier alpha value is -5.23. The van der Waals surface area contributed by atoms with Gasteiger partial charge < -0.3 is 15.5 Å². The number of benzene rings is 3. The predicted molar refractivity (Wildman–Crippen MR) is 155 cm³/mol. The number of H-pyrrole nitrogens is 1. The van der Waals surface area contributed by atoms with E-state index in [0.29, 0.717) is 23.4 Å². The SMILES string of the molecule is CCCc1cc(C(=O)N[C@H](Cc2ccccc2)[C@@H](O)C(=O)O)nn1Cc1ccc(-c2ccccc2-c2nnn[nH]2)cc1F. The van der Waals surface area contributed by atoms with Crippen LogP contribution in [-0.2, 0) is 24.2 Å². The third-order valence-electron chi connectivity index (χ3n) is 7.06. The maximum absolute atomic E-state index is 15.5. The molecule has 0 unspecified atom stereocenters. The number of carboxylic acid groups (broad SMARTS) is 1. The Morgan fingerprint density at radius 3 is 2.44 bits per heavy atom. The summed E-state index contributed by atoms with van der Waals surface area (Å²) < 4.78 is 17.0. The van der Waals surface area contributed by atoms with Crippen LogP contribution in [0.3, 0.4) is 0 Å². The second kappa shape index (κ2) is 13.2. The van der Waals surface area contributed by atoms with Gasteiger partial charge in [-0.3, -0.25) is 9.48 Å². The lowest BCUT2D eigenvalue weighted by atomic mass is 9.98. The highest BCUT2D eigenvalue weighted by molar-refractivity contribution is 5.93. The van der Waals surface area contributed by atoms with E-state index in [2.05, 4.69) is 31.0 Å². The lowest BCUT2D eigenvalue weighted by Crippen LogP contribution is -2.48. The summed E-state index contributed by atoms with van der Waals surface area (Å²) >= 11 is 0. The van der Waals surface area contributed by atoms with Crippen LogP contribution in [0.5, 0.6) is 0 Å². The first-order valence-corrected chi connectivity index (χ1v) is 13.8. The van der Waals surface area contributed by atoms with Gasteiger partial charge in [-0.15, -0.1) is 5.10 Å². The number of amides is 1. The lowest BCUT2D eigenvalue weighted by molar-refractivity contribution is -0.148. The molecule has 0 saturated carbocycles. The zero-order chi connectivity index (χ0) is 30.3. The standard InChI is InChI=1S/C31H30FN7O4/c1-2-8-22-17-27(30(41)33-26(28(40)31(42)43)15-19-9-4-3-5-10-19)36-39(22)18-21-14-13-20(16-25(21)32)23-11-6-7-12-24(23)29-34-37-38-35-29/h3-7,9-14,16-17,26,28,40H,2,8,15,18H2,1H3,(H,33,41)(H,42,43)(H,34,35,37,38)/t26-,28-/m1/s1. The van der Waals surface area contributed by atoms with Gasteiger partial charge in [-0.25, -0.2) is 14.3 Å². The minimum atomic E-state index is -1.82. The van der Waals surface area contributed by atoms with Crippen molar-refractivity contribution in [2.75, 3.05) is 0 Å². The average Bonchev–Trinajstić information content (AvgIpc) is 3.69. The van der Waals surface area contributed by atoms with Crippen molar-refractivity contribution in [2.45, 2.75) is 44.9 Å². The van der Waals surface area contributed by atoms with Crippen LogP contribution < -0.4 is 5.32 Å². The molecule has 4 N–H and O–H groups in total. The number of aliphatic hydroxyl groups is 1. The molecule has 0 spiro atoms. The van der Waals surface area contributed by atoms with Gasteiger partial charge in [-0.05, 0) is 52.1 Å². The first kappa shape index (κ1) is 29.3. The number of nitrogens with zero attached hydrogens (tertiary/aromatic N) is 5. The van der Waals surface area contributed by atoms with Crippen LogP contribution in [0.25, 0.3) is 22.5 Å². The molecule has 11 nitrogen and oxygen atoms in total. The normalized spacial score (nSPS) is 12.5. The first-order valence-electron chi connectivity index (χ1n) is 13.8. The summed E-state index contributed by atoms with van der Waals surface area (Å²) in [5.41, 5.74) is 4.02. The molecule has 0 aliphatic rings. The number of aryl methyl sites for hydroxylation is 1. The summed E-state index contributed by atoms with van der Waals surface area (Å²) in [5.74, 6) is -2.06. The van der Waals surface area contributed by atoms with E-state index in [9.17, 15) is 19.8 Å². The third kappa shape index (κ3) is 6.81. The number of carbonyl (C=O) groups excluding carboxylic acids is 1. The number of aromatic nitrogens is 6. The van der Waals surface area contributed by atoms with Crippen molar-refractivity contribution < 1.29 is 24.2 Å². The Labute approximate surface area is 246 Å². The van der Waals surface area contributed by atoms with Crippen LogP contribution in [0.2, 0.25) is 0 Å². The van der Waals surface area contributed by atoms with Crippen LogP contribution in [0, 0.1) is 5.82 Å². The largest absolute Gasteiger partial charge is 0.479 e. The summed E-state index contributed by atoms with van der Waals surface area (Å²) in [4.78, 5) is 24.8. The Morgan fingerprint density at radius 2 is 1.77 bits per heavy atom. The Bertz CT molecular complexity index is 1710. The van der Waals surface area contributed by atoms with Crippen molar-refractivity contribution in [3.8, 4) is 22.5 Å². The first-order chi connectivity index (χ1) is 20.8. The number of aliphatic hydroxyl groups excluding tert-OH is 1. The van der Waals surface area contributed by atoms with Gasteiger partial charge in [0.1, 0.15) is 11.5 Å². The van der Waals surface area contributed by atoms with E-state index in [1.165, 1.54) is 6.07 Å². The number of halogens is 1. The molecule has 2 atom stereocenters. The minimum absolute atomic E-state index is 0.0470. The fraction of sp³-hybridized carbons (Fsp3) is 0.226. The second-order valence-corrected chi connectivity index (χ2v) is 10.1. The smallest absolute Gasteiger partial charge is 0.334 e. The van der Waals surface area contributed by atoms with E-state index in [1.54, 1.807) is 47.1 Å². The van der Waals surface area contributed by atoms with E-state index in [4.69, 9.17) is 0 Å². The summed E-state index contributed by atoms with van der Waals surface area (Å²) in [5, 5.41) is 40.7. The van der Waals surface area contributed by atoms with Crippen LogP contribution in [0.1, 0.15) is 40.7 Å². The Balaban J connectivity index is 1.38. The third-order valence-corrected chi connectivity index (χ3v) is 7.06. The van der Waals surface area contributed by atoms with Crippen molar-refractivity contribution >= 4 is 11.9 Å². The number of aromatic amines is 1. The molecule has 0 bridgehead atoms. The van der Waals surface area contributed by atoms with Crippen molar-refractivity contribution in [3.05, 3.63) is 107 Å². The molecule has 3 aromatic carbocycles. The molecule has 5 rings (SSSR count). The fourth-order valence-corrected chi connectivity index (χ4v) is 4.90. The van der Waals surface area contributed by atoms with E-state index in [-0.39, 0.29) is 18.7 Å². The van der Waals surface area contributed by atoms with Gasteiger partial charge in [0.05, 0.1) is 12.6 Å². The van der Waals surface area contributed by atoms with Gasteiger partial charge >= 0.3 is 5.97 Å². The molecule has 0 radical (unpaired) electrons. The number of nitrogens with one attached hydrogen (secondary N) is 2. The molecule has 0 aliphatic heterocycles. The van der Waals surface area contributed by atoms with Gasteiger partial charge in [0.15, 0.2) is 11.9 Å². The molecule has 5 aromatic rings. The van der Waals surface area contributed by atoms with E-state index >= 15 is 4.39 Å². The fourth-order valence-electron chi connectivity index (χ4n) is 4.90. The average molecular weight is 584 g/mol. The monoisotopic (exact) mass is 583 g/mol. The summed E-state index contributed by atoms with van der Waals surface area (Å²) in [7, 11) is 0. The van der Waals surface area contributed by atoms with Crippen LogP contribution >= 0.6 is 0 Å². The molecule has 2 aromatic heterocycles. The molecule has 220 valence electrons. The van der Waals surface area contributed by atoms with Gasteiger partial charge in [0, 0.05) is 16.8 Å². The van der Waals surface area contributed by atoms with E-state index in [0.717, 1.165) is 28.8 Å². The number of tetrazole rings is 1. The van der Waals surface area contributed by atoms with E-state index < -0.39 is 29.8 Å². The quantitative estimate of drug-likeness (QED) is 0.173. The van der Waals surface area contributed by atoms with Crippen LogP contribution in [0.15, 0.2) is 78.9 Å². The highest BCUT2D eigenvalue weighted by Gasteiger charge is 2.29. The molecule has 0 aliphatic carbocycles. The minimum Gasteiger partial charge on any atom is -0.479 e. The Morgan fingerprint density at radius 1 is 1.02 bits per heavy atom. The van der Waals surface area contributed by atoms with E-state index in [1.807, 2.05) is 37.3 Å². The van der Waals surface area contributed by atoms with Gasteiger partial charge in [-0.1, -0.05) is 80.1 Å². The molecule has 0 saturated heterocycles. The number of carboxylic acids is 1. The molecule has 43 heavy (non-hydrogen) atoms. The molecular weight excluding hydrogens is 553 g/mol. The molecule has 12 heteroatoms. The molecule has 0 fully saturated rings. The second-order valence-electron chi connectivity index (χ2n) is 10.1. The molecular formula is C31H30FN7O4. The van der Waals surface area contributed by atoms with Crippen molar-refractivity contribution in [1.29, 1.82) is 0 Å². The number of carbonyl (C=O) groups is 2. The van der Waals surface area contributed by atoms with Crippen molar-refractivity contribution in [2.24, 2.45) is 0 Å². The van der Waals surface area contributed by atoms with Crippen LogP contribution in [-0.4, -0.2) is 64.6 Å². The maximum Gasteiger partial charge on any atom is 0.334 e. The van der Waals surface area contributed by atoms with Crippen molar-refractivity contribution in [3.63, 3.8) is 0 Å². The Kier molecular flexibility index (Phi) is 8.96. The zero-order valence-corrected chi connectivity index (χ0v) is 23.3. The molecule has 2 heterocycles. The molecule has 1 amide bonds. The van der Waals surface area contributed by atoms with Gasteiger partial charge in [0.25, 0.3) is 5.91 Å². The summed E-state index contributed by atoms with van der Waals surface area (Å²) in [6.45, 7) is 2.06. The lowest BCUT2D eigenvalue weighted by Gasteiger charge is -2.21. The highest BCUT2D eigenvalue weighted by atomic mass is 19.1. The predicted octanol–water partition coefficient (Wildman–Crippen LogP) is 3.66. The maximum atomic E-state index is 15.5. The van der Waals surface area contributed by atoms with Crippen molar-refractivity contribution in [1.82, 2.24) is 35.7 Å². The summed E-state index contributed by atoms with van der Waals surface area (Å²) in [6.07, 6.45) is -0.366.